The zero-order valence-corrected chi connectivity index (χ0v) is 7.90. The van der Waals surface area contributed by atoms with Crippen LogP contribution in [0.4, 0.5) is 0 Å². The summed E-state index contributed by atoms with van der Waals surface area (Å²) >= 11 is 0. The highest BCUT2D eigenvalue weighted by atomic mass is 14.3. The first-order valence-electron chi connectivity index (χ1n) is 4.46. The number of hydrogen-bond donors (Lipinski definition) is 1. The van der Waals surface area contributed by atoms with E-state index in [0.717, 1.165) is 5.57 Å². The van der Waals surface area contributed by atoms with Gasteiger partial charge in [-0.15, -0.1) is 0 Å². The Labute approximate surface area is 79.7 Å². The Morgan fingerprint density at radius 3 is 2.69 bits per heavy atom. The highest BCUT2D eigenvalue weighted by molar-refractivity contribution is 5.78. The fourth-order valence-corrected chi connectivity index (χ4v) is 1.26. The van der Waals surface area contributed by atoms with Crippen LogP contribution < -0.4 is 0 Å². The number of hydrogen-bond acceptors (Lipinski definition) is 1. The Morgan fingerprint density at radius 1 is 1.38 bits per heavy atom. The molecule has 1 aliphatic carbocycles. The van der Waals surface area contributed by atoms with Crippen molar-refractivity contribution in [1.82, 2.24) is 0 Å². The number of nitrogens with one attached hydrogen (secondary N) is 1. The van der Waals surface area contributed by atoms with Crippen molar-refractivity contribution in [1.29, 1.82) is 5.41 Å². The Balaban J connectivity index is 2.58. The highest BCUT2D eigenvalue weighted by Gasteiger charge is 2.09. The molecule has 1 heteroatoms. The standard InChI is InChI=1S/C12H15N/c1-10(9-13)7-8-12-6-4-3-5-11(12)2/h3-9,11-13H,1H2,2H3/b8-7-,13-9?. The second kappa shape index (κ2) is 4.61. The van der Waals surface area contributed by atoms with Gasteiger partial charge in [-0.1, -0.05) is 50.0 Å². The molecule has 68 valence electrons. The predicted octanol–water partition coefficient (Wildman–Crippen LogP) is 3.13. The lowest BCUT2D eigenvalue weighted by molar-refractivity contribution is 0.605. The summed E-state index contributed by atoms with van der Waals surface area (Å²) in [5, 5.41) is 6.97. The largest absolute Gasteiger partial charge is 0.308 e. The van der Waals surface area contributed by atoms with Crippen LogP contribution in [0.15, 0.2) is 48.6 Å². The van der Waals surface area contributed by atoms with E-state index in [9.17, 15) is 0 Å². The fraction of sp³-hybridized carbons (Fsp3) is 0.250. The van der Waals surface area contributed by atoms with E-state index in [1.165, 1.54) is 6.21 Å². The topological polar surface area (TPSA) is 23.9 Å². The molecule has 0 aromatic carbocycles. The molecule has 0 heterocycles. The van der Waals surface area contributed by atoms with Crippen molar-refractivity contribution in [3.05, 3.63) is 48.6 Å². The van der Waals surface area contributed by atoms with Gasteiger partial charge in [0.15, 0.2) is 0 Å². The smallest absolute Gasteiger partial charge is 0.0244 e. The van der Waals surface area contributed by atoms with Crippen LogP contribution in [0.1, 0.15) is 6.92 Å². The average Bonchev–Trinajstić information content (AvgIpc) is 2.16. The Morgan fingerprint density at radius 2 is 2.08 bits per heavy atom. The normalized spacial score (nSPS) is 26.5. The lowest BCUT2D eigenvalue weighted by Crippen LogP contribution is -2.05. The van der Waals surface area contributed by atoms with Crippen molar-refractivity contribution in [3.63, 3.8) is 0 Å². The van der Waals surface area contributed by atoms with Gasteiger partial charge < -0.3 is 5.41 Å². The highest BCUT2D eigenvalue weighted by Crippen LogP contribution is 2.20. The quantitative estimate of drug-likeness (QED) is 0.501. The molecule has 0 aliphatic heterocycles. The van der Waals surface area contributed by atoms with Gasteiger partial charge in [-0.3, -0.25) is 0 Å². The minimum Gasteiger partial charge on any atom is -0.308 e. The van der Waals surface area contributed by atoms with Crippen molar-refractivity contribution < 1.29 is 0 Å². The van der Waals surface area contributed by atoms with E-state index >= 15 is 0 Å². The van der Waals surface area contributed by atoms with E-state index in [1.807, 2.05) is 6.08 Å². The summed E-state index contributed by atoms with van der Waals surface area (Å²) in [6.45, 7) is 5.89. The third kappa shape index (κ3) is 2.86. The molecule has 0 aromatic rings. The van der Waals surface area contributed by atoms with Gasteiger partial charge in [-0.05, 0) is 11.5 Å². The summed E-state index contributed by atoms with van der Waals surface area (Å²) in [6, 6.07) is 0. The summed E-state index contributed by atoms with van der Waals surface area (Å²) in [6.07, 6.45) is 13.7. The van der Waals surface area contributed by atoms with E-state index < -0.39 is 0 Å². The minimum atomic E-state index is 0.446. The summed E-state index contributed by atoms with van der Waals surface area (Å²) in [7, 11) is 0. The maximum Gasteiger partial charge on any atom is 0.0244 e. The Hall–Kier alpha value is -1.37. The fourth-order valence-electron chi connectivity index (χ4n) is 1.26. The van der Waals surface area contributed by atoms with Crippen LogP contribution in [0.2, 0.25) is 0 Å². The maximum absolute atomic E-state index is 6.97. The lowest BCUT2D eigenvalue weighted by atomic mass is 9.89. The van der Waals surface area contributed by atoms with Crippen molar-refractivity contribution in [2.24, 2.45) is 11.8 Å². The predicted molar refractivity (Wildman–Crippen MR) is 58.0 cm³/mol. The van der Waals surface area contributed by atoms with Crippen molar-refractivity contribution in [3.8, 4) is 0 Å². The lowest BCUT2D eigenvalue weighted by Gasteiger charge is -2.15. The molecule has 0 radical (unpaired) electrons. The average molecular weight is 173 g/mol. The molecule has 0 aromatic heterocycles. The van der Waals surface area contributed by atoms with E-state index in [0.29, 0.717) is 11.8 Å². The van der Waals surface area contributed by atoms with Gasteiger partial charge in [0.05, 0.1) is 0 Å². The van der Waals surface area contributed by atoms with Crippen LogP contribution in [0.3, 0.4) is 0 Å². The number of allylic oxidation sites excluding steroid dienone is 7. The number of rotatable bonds is 3. The van der Waals surface area contributed by atoms with Crippen LogP contribution in [-0.4, -0.2) is 6.21 Å². The first-order valence-corrected chi connectivity index (χ1v) is 4.46. The van der Waals surface area contributed by atoms with Crippen LogP contribution in [0.25, 0.3) is 0 Å². The summed E-state index contributed by atoms with van der Waals surface area (Å²) in [5.41, 5.74) is 0.746. The summed E-state index contributed by atoms with van der Waals surface area (Å²) in [4.78, 5) is 0. The zero-order valence-electron chi connectivity index (χ0n) is 7.90. The van der Waals surface area contributed by atoms with Gasteiger partial charge in [0, 0.05) is 12.1 Å². The second-order valence-electron chi connectivity index (χ2n) is 3.28. The molecule has 2 atom stereocenters. The minimum absolute atomic E-state index is 0.446. The Bertz CT molecular complexity index is 281. The van der Waals surface area contributed by atoms with Crippen molar-refractivity contribution in [2.45, 2.75) is 6.92 Å². The third-order valence-corrected chi connectivity index (χ3v) is 2.18. The molecule has 1 nitrogen and oxygen atoms in total. The van der Waals surface area contributed by atoms with E-state index in [2.05, 4.69) is 43.9 Å². The van der Waals surface area contributed by atoms with Gasteiger partial charge >= 0.3 is 0 Å². The van der Waals surface area contributed by atoms with Crippen molar-refractivity contribution in [2.75, 3.05) is 0 Å². The van der Waals surface area contributed by atoms with Gasteiger partial charge in [-0.25, -0.2) is 0 Å². The van der Waals surface area contributed by atoms with Crippen LogP contribution >= 0.6 is 0 Å². The van der Waals surface area contributed by atoms with E-state index in [1.54, 1.807) is 0 Å². The first-order chi connectivity index (χ1) is 6.24. The zero-order chi connectivity index (χ0) is 9.68. The molecular weight excluding hydrogens is 158 g/mol. The van der Waals surface area contributed by atoms with Gasteiger partial charge in [0.2, 0.25) is 0 Å². The summed E-state index contributed by atoms with van der Waals surface area (Å²) < 4.78 is 0. The molecule has 0 fully saturated rings. The van der Waals surface area contributed by atoms with Gasteiger partial charge in [-0.2, -0.15) is 0 Å². The summed E-state index contributed by atoms with van der Waals surface area (Å²) in [5.74, 6) is 0.987. The molecule has 0 spiro atoms. The maximum atomic E-state index is 6.97. The molecule has 0 saturated carbocycles. The Kier molecular flexibility index (Phi) is 3.44. The molecule has 1 aliphatic rings. The third-order valence-electron chi connectivity index (χ3n) is 2.18. The molecule has 2 unspecified atom stereocenters. The SMILES string of the molecule is C=C(C=N)/C=C\C1C=CC=CC1C. The van der Waals surface area contributed by atoms with Crippen molar-refractivity contribution >= 4 is 6.21 Å². The monoisotopic (exact) mass is 173 g/mol. The molecule has 1 N–H and O–H groups in total. The second-order valence-corrected chi connectivity index (χ2v) is 3.28. The molecule has 0 amide bonds. The van der Waals surface area contributed by atoms with Gasteiger partial charge in [0.1, 0.15) is 0 Å². The molecular formula is C12H15N. The first kappa shape index (κ1) is 9.72. The van der Waals surface area contributed by atoms with E-state index in [4.69, 9.17) is 5.41 Å². The molecule has 0 bridgehead atoms. The van der Waals surface area contributed by atoms with Crippen LogP contribution in [-0.2, 0) is 0 Å². The molecule has 0 saturated heterocycles. The van der Waals surface area contributed by atoms with E-state index in [-0.39, 0.29) is 0 Å². The molecule has 1 rings (SSSR count). The molecule has 13 heavy (non-hydrogen) atoms. The van der Waals surface area contributed by atoms with Crippen LogP contribution in [0, 0.1) is 17.2 Å². The van der Waals surface area contributed by atoms with Gasteiger partial charge in [0.25, 0.3) is 0 Å². The van der Waals surface area contributed by atoms with Crippen LogP contribution in [0.5, 0.6) is 0 Å².